The summed E-state index contributed by atoms with van der Waals surface area (Å²) >= 11 is 0. The molecule has 0 aliphatic carbocycles. The Morgan fingerprint density at radius 2 is 1.87 bits per heavy atom. The Balaban J connectivity index is 2.27. The summed E-state index contributed by atoms with van der Waals surface area (Å²) in [5.41, 5.74) is 0.776. The van der Waals surface area contributed by atoms with E-state index in [0.717, 1.165) is 5.56 Å². The molecule has 1 rings (SSSR count). The van der Waals surface area contributed by atoms with Gasteiger partial charge in [-0.05, 0) is 12.0 Å². The van der Waals surface area contributed by atoms with E-state index in [2.05, 4.69) is 5.32 Å². The van der Waals surface area contributed by atoms with E-state index in [4.69, 9.17) is 9.84 Å². The normalized spacial score (nSPS) is 12.5. The first-order valence-electron chi connectivity index (χ1n) is 6.75. The van der Waals surface area contributed by atoms with Crippen molar-refractivity contribution >= 4 is 12.1 Å². The molecule has 0 aliphatic rings. The number of hydrogen-bond acceptors (Lipinski definition) is 4. The van der Waals surface area contributed by atoms with E-state index in [1.165, 1.54) is 0 Å². The van der Waals surface area contributed by atoms with Crippen molar-refractivity contribution in [1.82, 2.24) is 10.6 Å². The highest BCUT2D eigenvalue weighted by atomic mass is 19.4. The molecule has 0 aromatic heterocycles. The van der Waals surface area contributed by atoms with E-state index >= 15 is 0 Å². The lowest BCUT2D eigenvalue weighted by Crippen LogP contribution is -2.44. The first-order chi connectivity index (χ1) is 10.8. The van der Waals surface area contributed by atoms with Crippen LogP contribution in [0.1, 0.15) is 12.0 Å². The molecule has 3 N–H and O–H groups in total. The van der Waals surface area contributed by atoms with E-state index in [-0.39, 0.29) is 19.6 Å². The number of ether oxygens (including phenoxy) is 1. The molecule has 1 aromatic rings. The Hall–Kier alpha value is -2.29. The van der Waals surface area contributed by atoms with Gasteiger partial charge in [0.05, 0.1) is 6.54 Å². The van der Waals surface area contributed by atoms with Crippen molar-refractivity contribution in [2.75, 3.05) is 13.1 Å². The van der Waals surface area contributed by atoms with E-state index in [0.29, 0.717) is 0 Å². The van der Waals surface area contributed by atoms with E-state index in [9.17, 15) is 22.8 Å². The molecule has 0 saturated heterocycles. The average Bonchev–Trinajstić information content (AvgIpc) is 2.48. The lowest BCUT2D eigenvalue weighted by molar-refractivity contribution is -0.143. The number of amides is 1. The van der Waals surface area contributed by atoms with Gasteiger partial charge in [0.25, 0.3) is 0 Å². The number of hydrogen-bond donors (Lipinski definition) is 3. The van der Waals surface area contributed by atoms with Crippen molar-refractivity contribution in [2.45, 2.75) is 25.2 Å². The van der Waals surface area contributed by atoms with Gasteiger partial charge in [-0.2, -0.15) is 13.2 Å². The number of alkyl halides is 3. The minimum absolute atomic E-state index is 0.0430. The maximum atomic E-state index is 12.0. The standard InChI is InChI=1S/C14H17F3N2O4/c15-14(16,17)9-19-11(12(20)21)6-7-18-13(22)23-8-10-4-2-1-3-5-10/h1-5,11,19H,6-9H2,(H,18,22)(H,20,21). The number of carbonyl (C=O) groups is 2. The monoisotopic (exact) mass is 334 g/mol. The fraction of sp³-hybridized carbons (Fsp3) is 0.429. The van der Waals surface area contributed by atoms with Gasteiger partial charge < -0.3 is 15.2 Å². The van der Waals surface area contributed by atoms with Crippen molar-refractivity contribution in [3.8, 4) is 0 Å². The molecule has 1 amide bonds. The van der Waals surface area contributed by atoms with E-state index < -0.39 is 30.8 Å². The highest BCUT2D eigenvalue weighted by molar-refractivity contribution is 5.73. The quantitative estimate of drug-likeness (QED) is 0.676. The zero-order valence-electron chi connectivity index (χ0n) is 12.1. The molecule has 1 aromatic carbocycles. The number of carbonyl (C=O) groups excluding carboxylic acids is 1. The molecule has 1 unspecified atom stereocenters. The lowest BCUT2D eigenvalue weighted by atomic mass is 10.2. The second-order valence-electron chi connectivity index (χ2n) is 4.66. The molecule has 0 saturated carbocycles. The third-order valence-corrected chi connectivity index (χ3v) is 2.76. The van der Waals surface area contributed by atoms with Gasteiger partial charge in [0, 0.05) is 6.54 Å². The SMILES string of the molecule is O=C(NCCC(NCC(F)(F)F)C(=O)O)OCc1ccccc1. The minimum Gasteiger partial charge on any atom is -0.480 e. The van der Waals surface area contributed by atoms with Gasteiger partial charge >= 0.3 is 18.2 Å². The van der Waals surface area contributed by atoms with Crippen LogP contribution in [-0.4, -0.2) is 42.5 Å². The third kappa shape index (κ3) is 8.67. The second-order valence-corrected chi connectivity index (χ2v) is 4.66. The zero-order chi connectivity index (χ0) is 17.3. The van der Waals surface area contributed by atoms with Crippen molar-refractivity contribution in [2.24, 2.45) is 0 Å². The molecule has 0 aliphatic heterocycles. The smallest absolute Gasteiger partial charge is 0.407 e. The van der Waals surface area contributed by atoms with Gasteiger partial charge in [-0.1, -0.05) is 30.3 Å². The van der Waals surface area contributed by atoms with Crippen LogP contribution in [0.25, 0.3) is 0 Å². The van der Waals surface area contributed by atoms with Gasteiger partial charge in [0.15, 0.2) is 0 Å². The van der Waals surface area contributed by atoms with Crippen molar-refractivity contribution < 1.29 is 32.6 Å². The number of benzene rings is 1. The molecule has 0 spiro atoms. The average molecular weight is 334 g/mol. The third-order valence-electron chi connectivity index (χ3n) is 2.76. The summed E-state index contributed by atoms with van der Waals surface area (Å²) in [5, 5.41) is 13.0. The molecule has 6 nitrogen and oxygen atoms in total. The Morgan fingerprint density at radius 3 is 2.43 bits per heavy atom. The van der Waals surface area contributed by atoms with Crippen LogP contribution in [0.3, 0.4) is 0 Å². The summed E-state index contributed by atoms with van der Waals surface area (Å²) in [4.78, 5) is 22.2. The predicted molar refractivity (Wildman–Crippen MR) is 74.7 cm³/mol. The van der Waals surface area contributed by atoms with Crippen molar-refractivity contribution in [3.63, 3.8) is 0 Å². The molecule has 0 bridgehead atoms. The molecule has 0 heterocycles. The summed E-state index contributed by atoms with van der Waals surface area (Å²) in [5.74, 6) is -1.42. The number of carboxylic acids is 1. The molecular weight excluding hydrogens is 317 g/mol. The van der Waals surface area contributed by atoms with Crippen LogP contribution in [0.15, 0.2) is 30.3 Å². The van der Waals surface area contributed by atoms with Crippen LogP contribution >= 0.6 is 0 Å². The number of halogens is 3. The largest absolute Gasteiger partial charge is 0.480 e. The predicted octanol–water partition coefficient (Wildman–Crippen LogP) is 1.91. The Kier molecular flexibility index (Phi) is 7.33. The topological polar surface area (TPSA) is 87.7 Å². The van der Waals surface area contributed by atoms with Crippen LogP contribution in [0, 0.1) is 0 Å². The fourth-order valence-electron chi connectivity index (χ4n) is 1.64. The Morgan fingerprint density at radius 1 is 1.22 bits per heavy atom. The molecule has 128 valence electrons. The summed E-state index contributed by atoms with van der Waals surface area (Å²) in [7, 11) is 0. The van der Waals surface area contributed by atoms with Crippen LogP contribution in [0.2, 0.25) is 0 Å². The van der Waals surface area contributed by atoms with E-state index in [1.54, 1.807) is 24.3 Å². The highest BCUT2D eigenvalue weighted by Crippen LogP contribution is 2.13. The summed E-state index contributed by atoms with van der Waals surface area (Å²) in [6.45, 7) is -1.50. The van der Waals surface area contributed by atoms with Gasteiger partial charge in [0.2, 0.25) is 0 Å². The molecule has 9 heteroatoms. The lowest BCUT2D eigenvalue weighted by Gasteiger charge is -2.16. The zero-order valence-corrected chi connectivity index (χ0v) is 12.1. The van der Waals surface area contributed by atoms with Crippen molar-refractivity contribution in [1.29, 1.82) is 0 Å². The Labute approximate surface area is 130 Å². The summed E-state index contributed by atoms with van der Waals surface area (Å²) < 4.78 is 41.0. The van der Waals surface area contributed by atoms with Crippen LogP contribution in [0.4, 0.5) is 18.0 Å². The molecular formula is C14H17F3N2O4. The number of carboxylic acid groups (broad SMARTS) is 1. The van der Waals surface area contributed by atoms with Gasteiger partial charge in [-0.15, -0.1) is 0 Å². The summed E-state index contributed by atoms with van der Waals surface area (Å²) in [6, 6.07) is 7.47. The first kappa shape index (κ1) is 18.8. The molecule has 0 radical (unpaired) electrons. The van der Waals surface area contributed by atoms with Gasteiger partial charge in [0.1, 0.15) is 12.6 Å². The molecule has 0 fully saturated rings. The molecule has 23 heavy (non-hydrogen) atoms. The highest BCUT2D eigenvalue weighted by Gasteiger charge is 2.29. The summed E-state index contributed by atoms with van der Waals surface area (Å²) in [6.07, 6.45) is -5.48. The van der Waals surface area contributed by atoms with Crippen LogP contribution < -0.4 is 10.6 Å². The minimum atomic E-state index is -4.50. The first-order valence-corrected chi connectivity index (χ1v) is 6.75. The van der Waals surface area contributed by atoms with Crippen molar-refractivity contribution in [3.05, 3.63) is 35.9 Å². The van der Waals surface area contributed by atoms with Gasteiger partial charge in [-0.25, -0.2) is 4.79 Å². The fourth-order valence-corrected chi connectivity index (χ4v) is 1.64. The number of aliphatic carboxylic acids is 1. The van der Waals surface area contributed by atoms with Gasteiger partial charge in [-0.3, -0.25) is 10.1 Å². The molecule has 1 atom stereocenters. The maximum Gasteiger partial charge on any atom is 0.407 e. The number of alkyl carbamates (subject to hydrolysis) is 1. The van der Waals surface area contributed by atoms with Crippen LogP contribution in [0.5, 0.6) is 0 Å². The second kappa shape index (κ2) is 8.99. The number of nitrogens with one attached hydrogen (secondary N) is 2. The van der Waals surface area contributed by atoms with E-state index in [1.807, 2.05) is 11.4 Å². The Bertz CT molecular complexity index is 508. The maximum absolute atomic E-state index is 12.0. The van der Waals surface area contributed by atoms with Crippen LogP contribution in [-0.2, 0) is 16.1 Å². The number of rotatable bonds is 8.